The second kappa shape index (κ2) is 9.37. The summed E-state index contributed by atoms with van der Waals surface area (Å²) in [7, 11) is 0. The molecule has 0 atom stereocenters. The topological polar surface area (TPSA) is 122 Å². The standard InChI is InChI=1S/C23H24FN5O4/c24-15-6-7-18(19(14-15)29(32)33)28-12-10-27(11-13-28)9-3-8-26-21-20(25)22(30)16-4-1-2-5-17(16)23(21)31/h1-2,4-7,14,26H,3,8-13,25H2. The molecule has 1 fully saturated rings. The first-order valence-electron chi connectivity index (χ1n) is 10.7. The van der Waals surface area contributed by atoms with E-state index in [1.165, 1.54) is 12.1 Å². The molecule has 172 valence electrons. The molecule has 1 aliphatic heterocycles. The van der Waals surface area contributed by atoms with Crippen LogP contribution in [0.2, 0.25) is 0 Å². The molecule has 9 nitrogen and oxygen atoms in total. The van der Waals surface area contributed by atoms with Crippen LogP contribution in [0.4, 0.5) is 15.8 Å². The summed E-state index contributed by atoms with van der Waals surface area (Å²) in [6.07, 6.45) is 0.719. The molecule has 10 heteroatoms. The van der Waals surface area contributed by atoms with Crippen molar-refractivity contribution in [2.24, 2.45) is 5.73 Å². The number of hydrogen-bond acceptors (Lipinski definition) is 8. The van der Waals surface area contributed by atoms with Crippen LogP contribution in [-0.2, 0) is 0 Å². The van der Waals surface area contributed by atoms with Gasteiger partial charge in [0.2, 0.25) is 11.6 Å². The fourth-order valence-corrected chi connectivity index (χ4v) is 4.21. The minimum atomic E-state index is -0.631. The number of benzene rings is 2. The van der Waals surface area contributed by atoms with E-state index in [9.17, 15) is 24.1 Å². The molecular weight excluding hydrogens is 429 g/mol. The number of Topliss-reactive ketones (excluding diaryl/α,β-unsaturated/α-hetero) is 2. The molecule has 1 aliphatic carbocycles. The molecule has 1 saturated heterocycles. The Morgan fingerprint density at radius 2 is 1.70 bits per heavy atom. The summed E-state index contributed by atoms with van der Waals surface area (Å²) in [5.74, 6) is -1.26. The first-order chi connectivity index (χ1) is 15.9. The van der Waals surface area contributed by atoms with Crippen molar-refractivity contribution in [1.82, 2.24) is 10.2 Å². The summed E-state index contributed by atoms with van der Waals surface area (Å²) in [6, 6.07) is 10.3. The predicted octanol–water partition coefficient (Wildman–Crippen LogP) is 2.09. The highest BCUT2D eigenvalue weighted by Crippen LogP contribution is 2.29. The lowest BCUT2D eigenvalue weighted by molar-refractivity contribution is -0.384. The van der Waals surface area contributed by atoms with Gasteiger partial charge in [-0.1, -0.05) is 24.3 Å². The second-order valence-corrected chi connectivity index (χ2v) is 7.99. The van der Waals surface area contributed by atoms with Gasteiger partial charge in [0, 0.05) is 43.9 Å². The van der Waals surface area contributed by atoms with E-state index in [0.29, 0.717) is 49.5 Å². The van der Waals surface area contributed by atoms with Crippen molar-refractivity contribution in [3.05, 3.63) is 80.9 Å². The molecule has 0 bridgehead atoms. The van der Waals surface area contributed by atoms with E-state index >= 15 is 0 Å². The van der Waals surface area contributed by atoms with E-state index in [1.807, 2.05) is 4.90 Å². The van der Waals surface area contributed by atoms with Gasteiger partial charge in [0.25, 0.3) is 5.69 Å². The SMILES string of the molecule is NC1=C(NCCCN2CCN(c3ccc(F)cc3[N+](=O)[O-])CC2)C(=O)c2ccccc2C1=O. The Kier molecular flexibility index (Phi) is 6.36. The Labute approximate surface area is 189 Å². The molecule has 0 spiro atoms. The highest BCUT2D eigenvalue weighted by Gasteiger charge is 2.30. The third kappa shape index (κ3) is 4.56. The molecule has 33 heavy (non-hydrogen) atoms. The van der Waals surface area contributed by atoms with Crippen LogP contribution in [0.25, 0.3) is 0 Å². The third-order valence-corrected chi connectivity index (χ3v) is 5.96. The summed E-state index contributed by atoms with van der Waals surface area (Å²) in [4.78, 5) is 39.9. The number of nitrogens with zero attached hydrogens (tertiary/aromatic N) is 3. The number of fused-ring (bicyclic) bond motifs is 1. The molecule has 3 N–H and O–H groups in total. The Morgan fingerprint density at radius 1 is 1.03 bits per heavy atom. The zero-order chi connectivity index (χ0) is 23.5. The fraction of sp³-hybridized carbons (Fsp3) is 0.304. The van der Waals surface area contributed by atoms with E-state index in [0.717, 1.165) is 19.0 Å². The van der Waals surface area contributed by atoms with Gasteiger partial charge in [0.05, 0.1) is 11.0 Å². The molecular formula is C23H24FN5O4. The van der Waals surface area contributed by atoms with Crippen molar-refractivity contribution in [3.63, 3.8) is 0 Å². The molecule has 0 unspecified atom stereocenters. The molecule has 2 aliphatic rings. The van der Waals surface area contributed by atoms with Crippen molar-refractivity contribution in [2.75, 3.05) is 44.2 Å². The fourth-order valence-electron chi connectivity index (χ4n) is 4.21. The van der Waals surface area contributed by atoms with Gasteiger partial charge in [-0.05, 0) is 25.1 Å². The average Bonchev–Trinajstić information content (AvgIpc) is 2.82. The molecule has 0 saturated carbocycles. The van der Waals surface area contributed by atoms with Crippen LogP contribution in [0.1, 0.15) is 27.1 Å². The number of ketones is 2. The molecule has 2 aromatic carbocycles. The van der Waals surface area contributed by atoms with Crippen LogP contribution in [0.15, 0.2) is 53.9 Å². The number of allylic oxidation sites excluding steroid dienone is 2. The molecule has 0 amide bonds. The van der Waals surface area contributed by atoms with E-state index in [-0.39, 0.29) is 28.6 Å². The average molecular weight is 453 g/mol. The van der Waals surface area contributed by atoms with Crippen LogP contribution in [-0.4, -0.2) is 60.7 Å². The van der Waals surface area contributed by atoms with Crippen molar-refractivity contribution >= 4 is 22.9 Å². The first-order valence-corrected chi connectivity index (χ1v) is 10.7. The first kappa shape index (κ1) is 22.4. The Bertz CT molecular complexity index is 1140. The Morgan fingerprint density at radius 3 is 2.36 bits per heavy atom. The lowest BCUT2D eigenvalue weighted by Gasteiger charge is -2.35. The number of halogens is 1. The zero-order valence-electron chi connectivity index (χ0n) is 17.9. The molecule has 0 radical (unpaired) electrons. The number of anilines is 1. The van der Waals surface area contributed by atoms with Crippen LogP contribution in [0.3, 0.4) is 0 Å². The molecule has 1 heterocycles. The van der Waals surface area contributed by atoms with Crippen molar-refractivity contribution in [3.8, 4) is 0 Å². The number of nitrogens with two attached hydrogens (primary N) is 1. The monoisotopic (exact) mass is 453 g/mol. The lowest BCUT2D eigenvalue weighted by Crippen LogP contribution is -2.47. The number of nitro benzene ring substituents is 1. The summed E-state index contributed by atoms with van der Waals surface area (Å²) < 4.78 is 13.4. The van der Waals surface area contributed by atoms with Crippen molar-refractivity contribution in [1.29, 1.82) is 0 Å². The van der Waals surface area contributed by atoms with E-state index in [2.05, 4.69) is 10.2 Å². The van der Waals surface area contributed by atoms with E-state index < -0.39 is 10.7 Å². The van der Waals surface area contributed by atoms with Gasteiger partial charge in [-0.15, -0.1) is 0 Å². The van der Waals surface area contributed by atoms with Gasteiger partial charge in [0.1, 0.15) is 22.9 Å². The van der Waals surface area contributed by atoms with Crippen molar-refractivity contribution < 1.29 is 18.9 Å². The number of nitrogens with one attached hydrogen (secondary N) is 1. The number of hydrogen-bond donors (Lipinski definition) is 2. The summed E-state index contributed by atoms with van der Waals surface area (Å²) in [5, 5.41) is 14.3. The van der Waals surface area contributed by atoms with Gasteiger partial charge in [-0.3, -0.25) is 24.6 Å². The molecule has 2 aromatic rings. The smallest absolute Gasteiger partial charge is 0.295 e. The number of nitro groups is 1. The van der Waals surface area contributed by atoms with Gasteiger partial charge in [-0.25, -0.2) is 4.39 Å². The van der Waals surface area contributed by atoms with Gasteiger partial charge in [0.15, 0.2) is 0 Å². The zero-order valence-corrected chi connectivity index (χ0v) is 17.9. The molecule has 0 aromatic heterocycles. The summed E-state index contributed by atoms with van der Waals surface area (Å²) >= 11 is 0. The third-order valence-electron chi connectivity index (χ3n) is 5.96. The van der Waals surface area contributed by atoms with Crippen LogP contribution in [0, 0.1) is 15.9 Å². The number of rotatable bonds is 7. The van der Waals surface area contributed by atoms with Crippen molar-refractivity contribution in [2.45, 2.75) is 6.42 Å². The van der Waals surface area contributed by atoms with Gasteiger partial charge in [-0.2, -0.15) is 0 Å². The Hall–Kier alpha value is -3.79. The van der Waals surface area contributed by atoms with Gasteiger partial charge >= 0.3 is 0 Å². The van der Waals surface area contributed by atoms with Gasteiger partial charge < -0.3 is 16.0 Å². The Balaban J connectivity index is 1.28. The maximum Gasteiger partial charge on any atom is 0.295 e. The maximum atomic E-state index is 13.4. The minimum Gasteiger partial charge on any atom is -0.394 e. The number of carbonyl (C=O) groups is 2. The predicted molar refractivity (Wildman–Crippen MR) is 121 cm³/mol. The summed E-state index contributed by atoms with van der Waals surface area (Å²) in [6.45, 7) is 3.79. The number of piperazine rings is 1. The number of carbonyl (C=O) groups excluding carboxylic acids is 2. The lowest BCUT2D eigenvalue weighted by atomic mass is 9.90. The minimum absolute atomic E-state index is 0.0618. The second-order valence-electron chi connectivity index (χ2n) is 7.99. The highest BCUT2D eigenvalue weighted by atomic mass is 19.1. The largest absolute Gasteiger partial charge is 0.394 e. The van der Waals surface area contributed by atoms with E-state index in [1.54, 1.807) is 24.3 Å². The summed E-state index contributed by atoms with van der Waals surface area (Å²) in [5.41, 5.74) is 6.88. The molecule has 4 rings (SSSR count). The van der Waals surface area contributed by atoms with Crippen LogP contribution in [0.5, 0.6) is 0 Å². The highest BCUT2D eigenvalue weighted by molar-refractivity contribution is 6.26. The normalized spacial score (nSPS) is 16.7. The van der Waals surface area contributed by atoms with Crippen LogP contribution < -0.4 is 16.0 Å². The van der Waals surface area contributed by atoms with E-state index in [4.69, 9.17) is 5.73 Å². The van der Waals surface area contributed by atoms with Crippen LogP contribution >= 0.6 is 0 Å². The maximum absolute atomic E-state index is 13.4. The quantitative estimate of drug-likeness (QED) is 0.371.